The smallest absolute Gasteiger partial charge is 0.462 e. The Labute approximate surface area is 389 Å². The van der Waals surface area contributed by atoms with Gasteiger partial charge in [-0.3, -0.25) is 23.2 Å². The van der Waals surface area contributed by atoms with Crippen LogP contribution in [-0.2, 0) is 51.0 Å². The Morgan fingerprint density at radius 3 is 2.11 bits per heavy atom. The van der Waals surface area contributed by atoms with Crippen LogP contribution < -0.4 is 11.4 Å². The Kier molecular flexibility index (Phi) is 27.0. The van der Waals surface area contributed by atoms with Gasteiger partial charge in [-0.1, -0.05) is 115 Å². The number of esters is 2. The van der Waals surface area contributed by atoms with Crippen LogP contribution in [0.1, 0.15) is 149 Å². The van der Waals surface area contributed by atoms with Gasteiger partial charge in [0.1, 0.15) is 30.7 Å². The van der Waals surface area contributed by atoms with Crippen LogP contribution in [0.25, 0.3) is 0 Å². The fraction of sp³-hybridized carbons (Fsp3) is 0.733. The van der Waals surface area contributed by atoms with Crippen molar-refractivity contribution in [3.8, 4) is 0 Å². The number of hydrogen-bond acceptors (Lipinski definition) is 16. The van der Waals surface area contributed by atoms with Gasteiger partial charge < -0.3 is 44.7 Å². The summed E-state index contributed by atoms with van der Waals surface area (Å²) in [6.07, 6.45) is 23.1. The van der Waals surface area contributed by atoms with Gasteiger partial charge in [0, 0.05) is 19.0 Å². The summed E-state index contributed by atoms with van der Waals surface area (Å²) in [6.45, 7) is 4.26. The monoisotopic (exact) mass is 975 g/mol. The first kappa shape index (κ1) is 57.3. The van der Waals surface area contributed by atoms with Gasteiger partial charge in [0.15, 0.2) is 12.3 Å². The molecule has 6 N–H and O–H groups in total. The van der Waals surface area contributed by atoms with Crippen molar-refractivity contribution >= 4 is 33.4 Å². The van der Waals surface area contributed by atoms with E-state index in [2.05, 4.69) is 54.4 Å². The number of phosphoric acid groups is 2. The van der Waals surface area contributed by atoms with E-state index in [1.54, 1.807) is 0 Å². The summed E-state index contributed by atoms with van der Waals surface area (Å²) in [5, 5.41) is 20.9. The molecule has 19 nitrogen and oxygen atoms in total. The van der Waals surface area contributed by atoms with Crippen molar-refractivity contribution in [2.75, 3.05) is 25.6 Å². The normalized spacial score (nSPS) is 23.2. The minimum absolute atomic E-state index is 0.0311. The van der Waals surface area contributed by atoms with Crippen molar-refractivity contribution in [1.82, 2.24) is 9.55 Å². The number of carbonyl (C=O) groups is 2. The molecule has 2 aliphatic rings. The molecule has 0 radical (unpaired) electrons. The second-order valence-electron chi connectivity index (χ2n) is 17.1. The van der Waals surface area contributed by atoms with Crippen LogP contribution in [0.5, 0.6) is 0 Å². The molecule has 1 aromatic heterocycles. The van der Waals surface area contributed by atoms with Gasteiger partial charge in [-0.25, -0.2) is 13.9 Å². The molecule has 0 aliphatic carbocycles. The van der Waals surface area contributed by atoms with E-state index in [4.69, 9.17) is 33.7 Å². The van der Waals surface area contributed by atoms with Crippen molar-refractivity contribution in [3.05, 3.63) is 59.2 Å². The molecule has 3 heterocycles. The molecule has 9 atom stereocenters. The molecule has 0 amide bonds. The van der Waals surface area contributed by atoms with Crippen molar-refractivity contribution < 1.29 is 71.0 Å². The Morgan fingerprint density at radius 2 is 1.41 bits per heavy atom. The standard InChI is InChI=1S/C45H75N3O16P2/c1-4-5-6-7-15-20-25-36-37(62-36)26-21-16-11-9-13-18-23-28-41(50)61-35(31-58-40(49)27-22-17-12-8-10-14-19-24-34(2)3)32-59-65(54,55)64-66(56,57)60-33-38-42(51)43(52)44(63-38)48-30-29-39(46)47-45(48)53/h9,13,15-16,20-21,29-30,34-38,42-44,51-52H,4-8,10-12,14,17-19,22-28,31-33H2,1-3H3,(H,54,55)(H,56,57)(H2,46,47,53)/b13-9-,20-15-,21-16-/t35-,36?,37?,38-,42-,43-,44-/m1/s1. The highest BCUT2D eigenvalue weighted by Gasteiger charge is 2.46. The molecule has 21 heteroatoms. The molecule has 0 saturated carbocycles. The van der Waals surface area contributed by atoms with Crippen LogP contribution in [0, 0.1) is 5.92 Å². The maximum atomic E-state index is 12.8. The fourth-order valence-corrected chi connectivity index (χ4v) is 9.11. The van der Waals surface area contributed by atoms with E-state index in [0.717, 1.165) is 62.1 Å². The zero-order chi connectivity index (χ0) is 48.4. The lowest BCUT2D eigenvalue weighted by atomic mass is 10.0. The first-order valence-corrected chi connectivity index (χ1v) is 26.5. The number of rotatable bonds is 36. The fourth-order valence-electron chi connectivity index (χ4n) is 7.00. The average molecular weight is 976 g/mol. The minimum atomic E-state index is -5.43. The molecule has 2 fully saturated rings. The summed E-state index contributed by atoms with van der Waals surface area (Å²) < 4.78 is 62.3. The Hall–Kier alpha value is -3.06. The largest absolute Gasteiger partial charge is 0.481 e. The highest BCUT2D eigenvalue weighted by Crippen LogP contribution is 2.60. The first-order chi connectivity index (χ1) is 31.5. The summed E-state index contributed by atoms with van der Waals surface area (Å²) in [4.78, 5) is 61.7. The lowest BCUT2D eigenvalue weighted by Gasteiger charge is -2.21. The van der Waals surface area contributed by atoms with Crippen LogP contribution in [0.3, 0.4) is 0 Å². The molecule has 0 spiro atoms. The van der Waals surface area contributed by atoms with Crippen molar-refractivity contribution in [1.29, 1.82) is 0 Å². The number of aliphatic hydroxyl groups excluding tert-OH is 2. The number of aliphatic hydroxyl groups is 2. The summed E-state index contributed by atoms with van der Waals surface area (Å²) in [7, 11) is -10.9. The van der Waals surface area contributed by atoms with Gasteiger partial charge in [0.2, 0.25) is 0 Å². The number of anilines is 1. The zero-order valence-corrected chi connectivity index (χ0v) is 40.6. The van der Waals surface area contributed by atoms with Crippen LogP contribution in [-0.4, -0.2) is 97.9 Å². The van der Waals surface area contributed by atoms with E-state index in [1.807, 2.05) is 12.2 Å². The quantitative estimate of drug-likeness (QED) is 0.0142. The number of unbranched alkanes of at least 4 members (excludes halogenated alkanes) is 10. The number of hydrogen-bond donors (Lipinski definition) is 5. The van der Waals surface area contributed by atoms with E-state index in [0.29, 0.717) is 31.3 Å². The molecule has 66 heavy (non-hydrogen) atoms. The molecule has 376 valence electrons. The van der Waals surface area contributed by atoms with Crippen LogP contribution in [0.15, 0.2) is 53.5 Å². The molecule has 4 unspecified atom stereocenters. The molecule has 2 saturated heterocycles. The third kappa shape index (κ3) is 24.3. The molecular weight excluding hydrogens is 900 g/mol. The summed E-state index contributed by atoms with van der Waals surface area (Å²) >= 11 is 0. The van der Waals surface area contributed by atoms with Gasteiger partial charge in [-0.2, -0.15) is 9.29 Å². The number of allylic oxidation sites excluding steroid dienone is 4. The number of nitrogens with zero attached hydrogens (tertiary/aromatic N) is 2. The van der Waals surface area contributed by atoms with Gasteiger partial charge in [-0.05, 0) is 63.4 Å². The summed E-state index contributed by atoms with van der Waals surface area (Å²) in [6, 6.07) is 1.24. The second kappa shape index (κ2) is 31.1. The first-order valence-electron chi connectivity index (χ1n) is 23.5. The molecule has 0 bridgehead atoms. The van der Waals surface area contributed by atoms with Gasteiger partial charge >= 0.3 is 33.3 Å². The highest BCUT2D eigenvalue weighted by atomic mass is 31.3. The van der Waals surface area contributed by atoms with Crippen LogP contribution >= 0.6 is 15.6 Å². The lowest BCUT2D eigenvalue weighted by Crippen LogP contribution is -2.36. The Bertz CT molecular complexity index is 1830. The molecular formula is C45H75N3O16P2. The Balaban J connectivity index is 1.43. The van der Waals surface area contributed by atoms with Crippen LogP contribution in [0.2, 0.25) is 0 Å². The summed E-state index contributed by atoms with van der Waals surface area (Å²) in [5.41, 5.74) is 4.57. The zero-order valence-electron chi connectivity index (χ0n) is 38.8. The average Bonchev–Trinajstić information content (AvgIpc) is 3.95. The molecule has 2 aliphatic heterocycles. The van der Waals surface area contributed by atoms with Gasteiger partial charge in [0.05, 0.1) is 25.4 Å². The van der Waals surface area contributed by atoms with Gasteiger partial charge in [0.25, 0.3) is 0 Å². The van der Waals surface area contributed by atoms with Crippen LogP contribution in [0.4, 0.5) is 5.82 Å². The van der Waals surface area contributed by atoms with Crippen molar-refractivity contribution in [3.63, 3.8) is 0 Å². The number of nitrogen functional groups attached to an aromatic ring is 1. The topological polar surface area (TPSA) is 278 Å². The van der Waals surface area contributed by atoms with Crippen molar-refractivity contribution in [2.24, 2.45) is 5.92 Å². The number of aromatic nitrogens is 2. The number of phosphoric ester groups is 2. The molecule has 0 aromatic carbocycles. The number of ether oxygens (including phenoxy) is 4. The third-order valence-electron chi connectivity index (χ3n) is 10.8. The van der Waals surface area contributed by atoms with E-state index >= 15 is 0 Å². The second-order valence-corrected chi connectivity index (χ2v) is 20.2. The maximum Gasteiger partial charge on any atom is 0.481 e. The van der Waals surface area contributed by atoms with E-state index in [-0.39, 0.29) is 24.8 Å². The molecule has 3 rings (SSSR count). The summed E-state index contributed by atoms with van der Waals surface area (Å²) in [5.74, 6) is -0.682. The third-order valence-corrected chi connectivity index (χ3v) is 13.4. The SMILES string of the molecule is CCCCC/C=C\CC1OC1C/C=C\C/C=C\CCCC(=O)O[C@H](COC(=O)CCCCCCCCCC(C)C)COP(=O)(O)OP(=O)(O)OC[C@H]1O[C@@H](n2ccc(N)nc2=O)[C@H](O)[C@@H]1O. The van der Waals surface area contributed by atoms with E-state index in [9.17, 15) is 43.5 Å². The van der Waals surface area contributed by atoms with Gasteiger partial charge in [-0.15, -0.1) is 0 Å². The Morgan fingerprint density at radius 1 is 0.788 bits per heavy atom. The van der Waals surface area contributed by atoms with E-state index < -0.39 is 83.7 Å². The highest BCUT2D eigenvalue weighted by molar-refractivity contribution is 7.61. The lowest BCUT2D eigenvalue weighted by molar-refractivity contribution is -0.161. The maximum absolute atomic E-state index is 12.8. The number of epoxide rings is 1. The molecule has 1 aromatic rings. The van der Waals surface area contributed by atoms with E-state index in [1.165, 1.54) is 44.6 Å². The van der Waals surface area contributed by atoms with Crippen molar-refractivity contribution in [2.45, 2.75) is 186 Å². The minimum Gasteiger partial charge on any atom is -0.462 e. The predicted molar refractivity (Wildman–Crippen MR) is 247 cm³/mol. The number of carbonyl (C=O) groups excluding carboxylic acids is 2. The number of nitrogens with two attached hydrogens (primary N) is 1. The predicted octanol–water partition coefficient (Wildman–Crippen LogP) is 7.67.